The van der Waals surface area contributed by atoms with E-state index in [1.165, 1.54) is 23.5 Å². The molecule has 0 spiro atoms. The van der Waals surface area contributed by atoms with Gasteiger partial charge in [0, 0.05) is 38.1 Å². The molecule has 0 bridgehead atoms. The number of aromatic nitrogens is 1. The Morgan fingerprint density at radius 1 is 1.07 bits per heavy atom. The van der Waals surface area contributed by atoms with Gasteiger partial charge >= 0.3 is 6.18 Å². The minimum Gasteiger partial charge on any atom is -0.373 e. The third kappa shape index (κ3) is 4.20. The Morgan fingerprint density at radius 3 is 2.52 bits per heavy atom. The number of allylic oxidation sites excluding steroid dienone is 1. The molecular formula is C21H17F3N4S. The molecule has 4 rings (SSSR count). The van der Waals surface area contributed by atoms with E-state index in [2.05, 4.69) is 11.1 Å². The molecule has 3 aromatic rings. The Labute approximate surface area is 170 Å². The zero-order valence-electron chi connectivity index (χ0n) is 15.4. The van der Waals surface area contributed by atoms with E-state index in [0.717, 1.165) is 16.3 Å². The van der Waals surface area contributed by atoms with Crippen LogP contribution in [0.2, 0.25) is 0 Å². The van der Waals surface area contributed by atoms with E-state index in [1.54, 1.807) is 12.3 Å². The van der Waals surface area contributed by atoms with Crippen LogP contribution in [0.25, 0.3) is 15.8 Å². The third-order valence-electron chi connectivity index (χ3n) is 4.81. The Balaban J connectivity index is 1.47. The standard InChI is InChI=1S/C21H17F3N4S/c22-21(23,24)16-4-3-5-17(12-16)28-10-8-27(9-11-28)14-15(13-25)20-26-18-6-1-2-7-19(18)29-20/h1-7,12,14H,8-11H2/b15-14-. The molecule has 2 heterocycles. The van der Waals surface area contributed by atoms with E-state index in [0.29, 0.717) is 42.4 Å². The largest absolute Gasteiger partial charge is 0.416 e. The lowest BCUT2D eigenvalue weighted by Gasteiger charge is -2.35. The van der Waals surface area contributed by atoms with Crippen molar-refractivity contribution in [1.82, 2.24) is 9.88 Å². The lowest BCUT2D eigenvalue weighted by atomic mass is 10.1. The summed E-state index contributed by atoms with van der Waals surface area (Å²) in [4.78, 5) is 8.49. The highest BCUT2D eigenvalue weighted by Crippen LogP contribution is 2.32. The van der Waals surface area contributed by atoms with Gasteiger partial charge in [0.1, 0.15) is 16.6 Å². The van der Waals surface area contributed by atoms with Crippen LogP contribution in [0.4, 0.5) is 18.9 Å². The number of anilines is 1. The molecule has 0 aliphatic carbocycles. The second-order valence-electron chi connectivity index (χ2n) is 6.71. The smallest absolute Gasteiger partial charge is 0.373 e. The van der Waals surface area contributed by atoms with Crippen LogP contribution in [0.3, 0.4) is 0 Å². The van der Waals surface area contributed by atoms with Gasteiger partial charge in [-0.1, -0.05) is 18.2 Å². The first-order chi connectivity index (χ1) is 13.9. The van der Waals surface area contributed by atoms with Crippen LogP contribution in [-0.4, -0.2) is 36.1 Å². The maximum Gasteiger partial charge on any atom is 0.416 e. The lowest BCUT2D eigenvalue weighted by Crippen LogP contribution is -2.44. The number of alkyl halides is 3. The molecule has 1 aliphatic heterocycles. The lowest BCUT2D eigenvalue weighted by molar-refractivity contribution is -0.137. The van der Waals surface area contributed by atoms with Crippen LogP contribution >= 0.6 is 11.3 Å². The monoisotopic (exact) mass is 414 g/mol. The van der Waals surface area contributed by atoms with Crippen LogP contribution in [-0.2, 0) is 6.18 Å². The number of halogens is 3. The van der Waals surface area contributed by atoms with Gasteiger partial charge in [-0.25, -0.2) is 4.98 Å². The molecule has 0 radical (unpaired) electrons. The highest BCUT2D eigenvalue weighted by Gasteiger charge is 2.31. The zero-order chi connectivity index (χ0) is 20.4. The van der Waals surface area contributed by atoms with Crippen LogP contribution in [0, 0.1) is 11.3 Å². The Hall–Kier alpha value is -3.05. The summed E-state index contributed by atoms with van der Waals surface area (Å²) in [6, 6.07) is 15.4. The molecule has 148 valence electrons. The van der Waals surface area contributed by atoms with Crippen molar-refractivity contribution in [2.45, 2.75) is 6.18 Å². The summed E-state index contributed by atoms with van der Waals surface area (Å²) in [6.45, 7) is 2.39. The molecule has 8 heteroatoms. The van der Waals surface area contributed by atoms with Gasteiger partial charge in [-0.3, -0.25) is 0 Å². The number of rotatable bonds is 3. The highest BCUT2D eigenvalue weighted by molar-refractivity contribution is 7.19. The Morgan fingerprint density at radius 2 is 1.83 bits per heavy atom. The molecule has 2 aromatic carbocycles. The quantitative estimate of drug-likeness (QED) is 0.566. The van der Waals surface area contributed by atoms with Gasteiger partial charge in [0.2, 0.25) is 0 Å². The summed E-state index contributed by atoms with van der Waals surface area (Å²) < 4.78 is 39.9. The fourth-order valence-electron chi connectivity index (χ4n) is 3.29. The predicted molar refractivity (Wildman–Crippen MR) is 108 cm³/mol. The summed E-state index contributed by atoms with van der Waals surface area (Å²) in [6.07, 6.45) is -2.54. The second kappa shape index (κ2) is 7.76. The summed E-state index contributed by atoms with van der Waals surface area (Å²) in [5, 5.41) is 10.3. The van der Waals surface area contributed by atoms with Gasteiger partial charge < -0.3 is 9.80 Å². The molecule has 0 saturated carbocycles. The number of piperazine rings is 1. The van der Waals surface area contributed by atoms with Gasteiger partial charge in [0.15, 0.2) is 0 Å². The minimum atomic E-state index is -4.35. The number of para-hydroxylation sites is 1. The van der Waals surface area contributed by atoms with Gasteiger partial charge in [-0.15, -0.1) is 11.3 Å². The molecule has 1 aromatic heterocycles. The first kappa shape index (κ1) is 19.3. The number of benzene rings is 2. The van der Waals surface area contributed by atoms with Crippen LogP contribution in [0.1, 0.15) is 10.6 Å². The molecule has 4 nitrogen and oxygen atoms in total. The van der Waals surface area contributed by atoms with Crippen molar-refractivity contribution < 1.29 is 13.2 Å². The minimum absolute atomic E-state index is 0.499. The summed E-state index contributed by atoms with van der Waals surface area (Å²) in [5.41, 5.74) is 1.29. The molecule has 0 N–H and O–H groups in total. The Kier molecular flexibility index (Phi) is 5.16. The SMILES string of the molecule is N#C/C(=C/N1CCN(c2cccc(C(F)(F)F)c2)CC1)c1nc2ccccc2s1. The summed E-state index contributed by atoms with van der Waals surface area (Å²) in [5.74, 6) is 0. The van der Waals surface area contributed by atoms with E-state index in [9.17, 15) is 18.4 Å². The van der Waals surface area contributed by atoms with Crippen LogP contribution in [0.15, 0.2) is 54.7 Å². The molecule has 1 saturated heterocycles. The number of nitrogens with zero attached hydrogens (tertiary/aromatic N) is 4. The van der Waals surface area contributed by atoms with Gasteiger partial charge in [0.25, 0.3) is 0 Å². The van der Waals surface area contributed by atoms with Gasteiger partial charge in [0.05, 0.1) is 15.8 Å². The number of nitriles is 1. The first-order valence-corrected chi connectivity index (χ1v) is 9.90. The molecule has 1 fully saturated rings. The van der Waals surface area contributed by atoms with Crippen molar-refractivity contribution in [2.24, 2.45) is 0 Å². The topological polar surface area (TPSA) is 43.2 Å². The van der Waals surface area contributed by atoms with Crippen molar-refractivity contribution >= 4 is 32.8 Å². The summed E-state index contributed by atoms with van der Waals surface area (Å²) >= 11 is 1.47. The van der Waals surface area contributed by atoms with Gasteiger partial charge in [-0.2, -0.15) is 18.4 Å². The van der Waals surface area contributed by atoms with Crippen LogP contribution < -0.4 is 4.90 Å². The van der Waals surface area contributed by atoms with Crippen LogP contribution in [0.5, 0.6) is 0 Å². The fourth-order valence-corrected chi connectivity index (χ4v) is 4.22. The molecule has 0 unspecified atom stereocenters. The van der Waals surface area contributed by atoms with Crippen molar-refractivity contribution in [3.8, 4) is 6.07 Å². The van der Waals surface area contributed by atoms with E-state index < -0.39 is 11.7 Å². The van der Waals surface area contributed by atoms with Crippen molar-refractivity contribution in [3.63, 3.8) is 0 Å². The van der Waals surface area contributed by atoms with E-state index >= 15 is 0 Å². The normalized spacial score (nSPS) is 15.6. The Bertz CT molecular complexity index is 1060. The molecule has 29 heavy (non-hydrogen) atoms. The maximum absolute atomic E-state index is 12.9. The number of fused-ring (bicyclic) bond motifs is 1. The van der Waals surface area contributed by atoms with E-state index in [-0.39, 0.29) is 0 Å². The molecule has 0 amide bonds. The van der Waals surface area contributed by atoms with Crippen molar-refractivity contribution in [3.05, 3.63) is 65.3 Å². The number of hydrogen-bond donors (Lipinski definition) is 0. The average Bonchev–Trinajstić information content (AvgIpc) is 3.16. The fraction of sp³-hybridized carbons (Fsp3) is 0.238. The van der Waals surface area contributed by atoms with E-state index in [1.807, 2.05) is 34.1 Å². The first-order valence-electron chi connectivity index (χ1n) is 9.08. The molecular weight excluding hydrogens is 397 g/mol. The summed E-state index contributed by atoms with van der Waals surface area (Å²) in [7, 11) is 0. The molecule has 0 atom stereocenters. The number of thiazole rings is 1. The third-order valence-corrected chi connectivity index (χ3v) is 5.88. The maximum atomic E-state index is 12.9. The highest BCUT2D eigenvalue weighted by atomic mass is 32.1. The predicted octanol–water partition coefficient (Wildman–Crippen LogP) is 5.00. The second-order valence-corrected chi connectivity index (χ2v) is 7.74. The average molecular weight is 414 g/mol. The van der Waals surface area contributed by atoms with Gasteiger partial charge in [-0.05, 0) is 30.3 Å². The zero-order valence-corrected chi connectivity index (χ0v) is 16.2. The van der Waals surface area contributed by atoms with Crippen molar-refractivity contribution in [2.75, 3.05) is 31.1 Å². The van der Waals surface area contributed by atoms with E-state index in [4.69, 9.17) is 0 Å². The molecule has 1 aliphatic rings. The van der Waals surface area contributed by atoms with Crippen molar-refractivity contribution in [1.29, 1.82) is 5.26 Å². The number of hydrogen-bond acceptors (Lipinski definition) is 5.